The summed E-state index contributed by atoms with van der Waals surface area (Å²) in [7, 11) is 0. The molecule has 3 N–H and O–H groups in total. The molecule has 1 heterocycles. The zero-order valence-electron chi connectivity index (χ0n) is 12.8. The maximum atomic E-state index is 11.9. The number of hydrogen-bond acceptors (Lipinski definition) is 3. The van der Waals surface area contributed by atoms with E-state index in [4.69, 9.17) is 0 Å². The van der Waals surface area contributed by atoms with Gasteiger partial charge in [-0.15, -0.1) is 0 Å². The van der Waals surface area contributed by atoms with Crippen LogP contribution in [-0.4, -0.2) is 23.8 Å². The van der Waals surface area contributed by atoms with E-state index < -0.39 is 6.04 Å². The quantitative estimate of drug-likeness (QED) is 0.776. The topological polar surface area (TPSA) is 87.3 Å². The lowest BCUT2D eigenvalue weighted by molar-refractivity contribution is -0.122. The lowest BCUT2D eigenvalue weighted by Gasteiger charge is -2.12. The number of anilines is 2. The van der Waals surface area contributed by atoms with Crippen molar-refractivity contribution in [3.63, 3.8) is 0 Å². The highest BCUT2D eigenvalue weighted by Crippen LogP contribution is 2.16. The van der Waals surface area contributed by atoms with Crippen molar-refractivity contribution in [2.45, 2.75) is 39.2 Å². The first-order chi connectivity index (χ1) is 10.4. The van der Waals surface area contributed by atoms with Gasteiger partial charge in [-0.1, -0.05) is 13.8 Å². The second-order valence-corrected chi connectivity index (χ2v) is 5.87. The Bertz CT molecular complexity index is 567. The van der Waals surface area contributed by atoms with Crippen LogP contribution < -0.4 is 16.0 Å². The van der Waals surface area contributed by atoms with Crippen LogP contribution in [0.15, 0.2) is 24.3 Å². The highest BCUT2D eigenvalue weighted by atomic mass is 16.2. The minimum atomic E-state index is -0.460. The smallest absolute Gasteiger partial charge is 0.246 e. The van der Waals surface area contributed by atoms with E-state index in [1.54, 1.807) is 24.3 Å². The molecule has 6 nitrogen and oxygen atoms in total. The molecule has 1 aliphatic heterocycles. The van der Waals surface area contributed by atoms with E-state index in [0.29, 0.717) is 36.6 Å². The van der Waals surface area contributed by atoms with Crippen molar-refractivity contribution in [2.24, 2.45) is 5.92 Å². The first-order valence-corrected chi connectivity index (χ1v) is 7.44. The lowest BCUT2D eigenvalue weighted by Crippen LogP contribution is -2.37. The highest BCUT2D eigenvalue weighted by Gasteiger charge is 2.27. The van der Waals surface area contributed by atoms with Gasteiger partial charge in [-0.2, -0.15) is 0 Å². The van der Waals surface area contributed by atoms with Gasteiger partial charge in [-0.3, -0.25) is 14.4 Å². The van der Waals surface area contributed by atoms with Gasteiger partial charge in [0.2, 0.25) is 17.7 Å². The average Bonchev–Trinajstić information content (AvgIpc) is 2.87. The van der Waals surface area contributed by atoms with Crippen molar-refractivity contribution >= 4 is 29.1 Å². The van der Waals surface area contributed by atoms with E-state index in [2.05, 4.69) is 16.0 Å². The summed E-state index contributed by atoms with van der Waals surface area (Å²) in [6, 6.07) is 6.46. The molecule has 0 bridgehead atoms. The van der Waals surface area contributed by atoms with Crippen molar-refractivity contribution in [3.8, 4) is 0 Å². The molecule has 0 saturated carbocycles. The summed E-state index contributed by atoms with van der Waals surface area (Å²) in [5, 5.41) is 8.18. The predicted octanol–water partition coefficient (Wildman–Crippen LogP) is 1.89. The molecule has 0 aliphatic carbocycles. The molecular formula is C16H21N3O3. The van der Waals surface area contributed by atoms with Crippen molar-refractivity contribution in [1.82, 2.24) is 5.32 Å². The first kappa shape index (κ1) is 16.0. The number of hydrogen-bond donors (Lipinski definition) is 3. The van der Waals surface area contributed by atoms with Gasteiger partial charge in [0, 0.05) is 24.2 Å². The minimum absolute atomic E-state index is 0.0274. The SMILES string of the molecule is CC(C)CC(=O)Nc1ccc(NC(=O)[C@@H]2CCC(=O)N2)cc1. The normalized spacial score (nSPS) is 17.2. The summed E-state index contributed by atoms with van der Waals surface area (Å²) >= 11 is 0. The molecular weight excluding hydrogens is 282 g/mol. The molecule has 1 atom stereocenters. The third kappa shape index (κ3) is 4.58. The Morgan fingerprint density at radius 3 is 2.27 bits per heavy atom. The molecule has 1 aliphatic rings. The zero-order valence-corrected chi connectivity index (χ0v) is 12.8. The molecule has 1 fully saturated rings. The van der Waals surface area contributed by atoms with Crippen molar-refractivity contribution < 1.29 is 14.4 Å². The summed E-state index contributed by atoms with van der Waals surface area (Å²) in [4.78, 5) is 34.7. The maximum Gasteiger partial charge on any atom is 0.246 e. The van der Waals surface area contributed by atoms with Crippen LogP contribution in [0.25, 0.3) is 0 Å². The van der Waals surface area contributed by atoms with Gasteiger partial charge in [-0.25, -0.2) is 0 Å². The van der Waals surface area contributed by atoms with Crippen LogP contribution in [0, 0.1) is 5.92 Å². The van der Waals surface area contributed by atoms with Gasteiger partial charge < -0.3 is 16.0 Å². The van der Waals surface area contributed by atoms with Crippen LogP contribution in [0.5, 0.6) is 0 Å². The monoisotopic (exact) mass is 303 g/mol. The van der Waals surface area contributed by atoms with E-state index in [-0.39, 0.29) is 17.7 Å². The van der Waals surface area contributed by atoms with Gasteiger partial charge in [0.05, 0.1) is 0 Å². The Labute approximate surface area is 129 Å². The number of carbonyl (C=O) groups is 3. The van der Waals surface area contributed by atoms with Gasteiger partial charge in [-0.05, 0) is 36.6 Å². The molecule has 1 aromatic rings. The second-order valence-electron chi connectivity index (χ2n) is 5.87. The fourth-order valence-corrected chi connectivity index (χ4v) is 2.26. The minimum Gasteiger partial charge on any atom is -0.344 e. The van der Waals surface area contributed by atoms with E-state index in [1.165, 1.54) is 0 Å². The summed E-state index contributed by atoms with van der Waals surface area (Å²) in [5.41, 5.74) is 1.32. The highest BCUT2D eigenvalue weighted by molar-refractivity contribution is 5.99. The standard InChI is InChI=1S/C16H21N3O3/c1-10(2)9-15(21)17-11-3-5-12(6-4-11)18-16(22)13-7-8-14(20)19-13/h3-6,10,13H,7-9H2,1-2H3,(H,17,21)(H,18,22)(H,19,20)/t13-/m0/s1. The number of amides is 3. The Balaban J connectivity index is 1.87. The van der Waals surface area contributed by atoms with Crippen molar-refractivity contribution in [2.75, 3.05) is 10.6 Å². The zero-order chi connectivity index (χ0) is 16.1. The third-order valence-corrected chi connectivity index (χ3v) is 3.34. The maximum absolute atomic E-state index is 11.9. The molecule has 2 rings (SSSR count). The Morgan fingerprint density at radius 1 is 1.18 bits per heavy atom. The van der Waals surface area contributed by atoms with Crippen LogP contribution in [-0.2, 0) is 14.4 Å². The lowest BCUT2D eigenvalue weighted by atomic mass is 10.1. The average molecular weight is 303 g/mol. The van der Waals surface area contributed by atoms with Crippen LogP contribution in [0.3, 0.4) is 0 Å². The van der Waals surface area contributed by atoms with Crippen molar-refractivity contribution in [1.29, 1.82) is 0 Å². The van der Waals surface area contributed by atoms with Crippen molar-refractivity contribution in [3.05, 3.63) is 24.3 Å². The third-order valence-electron chi connectivity index (χ3n) is 3.34. The molecule has 1 saturated heterocycles. The predicted molar refractivity (Wildman–Crippen MR) is 84.3 cm³/mol. The summed E-state index contributed by atoms with van der Waals surface area (Å²) in [6.45, 7) is 3.97. The first-order valence-electron chi connectivity index (χ1n) is 7.44. The Kier molecular flexibility index (Phi) is 5.14. The largest absolute Gasteiger partial charge is 0.344 e. The molecule has 0 spiro atoms. The van der Waals surface area contributed by atoms with E-state index >= 15 is 0 Å². The molecule has 1 aromatic carbocycles. The fraction of sp³-hybridized carbons (Fsp3) is 0.438. The number of rotatable bonds is 5. The Morgan fingerprint density at radius 2 is 1.77 bits per heavy atom. The van der Waals surface area contributed by atoms with Gasteiger partial charge in [0.15, 0.2) is 0 Å². The Hall–Kier alpha value is -2.37. The van der Waals surface area contributed by atoms with Crippen LogP contribution >= 0.6 is 0 Å². The van der Waals surface area contributed by atoms with Gasteiger partial charge >= 0.3 is 0 Å². The summed E-state index contributed by atoms with van der Waals surface area (Å²) in [5.74, 6) is -0.0357. The van der Waals surface area contributed by atoms with E-state index in [0.717, 1.165) is 0 Å². The second kappa shape index (κ2) is 7.06. The molecule has 0 unspecified atom stereocenters. The van der Waals surface area contributed by atoms with Crippen LogP contribution in [0.4, 0.5) is 11.4 Å². The molecule has 0 aromatic heterocycles. The number of benzene rings is 1. The molecule has 3 amide bonds. The van der Waals surface area contributed by atoms with Crippen LogP contribution in [0.2, 0.25) is 0 Å². The molecule has 0 radical (unpaired) electrons. The summed E-state index contributed by atoms with van der Waals surface area (Å²) in [6.07, 6.45) is 1.38. The number of carbonyl (C=O) groups excluding carboxylic acids is 3. The fourth-order valence-electron chi connectivity index (χ4n) is 2.26. The van der Waals surface area contributed by atoms with Gasteiger partial charge in [0.1, 0.15) is 6.04 Å². The van der Waals surface area contributed by atoms with Crippen LogP contribution in [0.1, 0.15) is 33.1 Å². The number of nitrogens with one attached hydrogen (secondary N) is 3. The van der Waals surface area contributed by atoms with Gasteiger partial charge in [0.25, 0.3) is 0 Å². The molecule has 118 valence electrons. The summed E-state index contributed by atoms with van der Waals surface area (Å²) < 4.78 is 0. The van der Waals surface area contributed by atoms with E-state index in [9.17, 15) is 14.4 Å². The van der Waals surface area contributed by atoms with E-state index in [1.807, 2.05) is 13.8 Å². The molecule has 6 heteroatoms. The molecule has 22 heavy (non-hydrogen) atoms.